The zero-order valence-electron chi connectivity index (χ0n) is 17.0. The number of nitrogens with zero attached hydrogens (tertiary/aromatic N) is 1. The first kappa shape index (κ1) is 24.8. The highest BCUT2D eigenvalue weighted by Crippen LogP contribution is 2.27. The lowest BCUT2D eigenvalue weighted by atomic mass is 10.1. The van der Waals surface area contributed by atoms with Crippen LogP contribution in [0, 0.1) is 0 Å². The first-order chi connectivity index (χ1) is 14.1. The van der Waals surface area contributed by atoms with Crippen LogP contribution in [-0.4, -0.2) is 28.8 Å². The minimum absolute atomic E-state index is 0.0225. The third-order valence-electron chi connectivity index (χ3n) is 4.54. The molecule has 2 amide bonds. The molecule has 0 fully saturated rings. The average Bonchev–Trinajstić information content (AvgIpc) is 2.66. The molecule has 0 heterocycles. The molecule has 2 aromatic rings. The average molecular weight is 490 g/mol. The molecule has 2 rings (SSSR count). The van der Waals surface area contributed by atoms with Crippen molar-refractivity contribution in [3.05, 3.63) is 67.6 Å². The van der Waals surface area contributed by atoms with Gasteiger partial charge < -0.3 is 10.2 Å². The fourth-order valence-corrected chi connectivity index (χ4v) is 3.94. The number of halogens is 4. The van der Waals surface area contributed by atoms with Crippen molar-refractivity contribution in [2.75, 3.05) is 0 Å². The number of nitrogens with one attached hydrogen (secondary N) is 1. The summed E-state index contributed by atoms with van der Waals surface area (Å²) in [5, 5.41) is 4.51. The minimum atomic E-state index is -0.657. The van der Waals surface area contributed by atoms with E-state index in [1.54, 1.807) is 36.4 Å². The molecule has 0 aliphatic heterocycles. The van der Waals surface area contributed by atoms with Gasteiger partial charge >= 0.3 is 0 Å². The molecule has 0 unspecified atom stereocenters. The van der Waals surface area contributed by atoms with E-state index in [0.717, 1.165) is 5.56 Å². The summed E-state index contributed by atoms with van der Waals surface area (Å²) in [6.45, 7) is 5.81. The van der Waals surface area contributed by atoms with Crippen molar-refractivity contribution in [2.45, 2.75) is 52.2 Å². The van der Waals surface area contributed by atoms with E-state index in [9.17, 15) is 9.59 Å². The molecule has 0 saturated heterocycles. The van der Waals surface area contributed by atoms with E-state index in [4.69, 9.17) is 46.4 Å². The van der Waals surface area contributed by atoms with E-state index >= 15 is 0 Å². The molecule has 30 heavy (non-hydrogen) atoms. The maximum Gasteiger partial charge on any atom is 0.243 e. The zero-order chi connectivity index (χ0) is 22.4. The molecule has 0 aliphatic carbocycles. The predicted octanol–water partition coefficient (Wildman–Crippen LogP) is 6.17. The summed E-state index contributed by atoms with van der Waals surface area (Å²) in [5.41, 5.74) is 1.29. The summed E-state index contributed by atoms with van der Waals surface area (Å²) in [5.74, 6) is -0.479. The van der Waals surface area contributed by atoms with Gasteiger partial charge in [-0.2, -0.15) is 0 Å². The molecule has 1 atom stereocenters. The predicted molar refractivity (Wildman–Crippen MR) is 125 cm³/mol. The smallest absolute Gasteiger partial charge is 0.243 e. The Bertz CT molecular complexity index is 898. The van der Waals surface area contributed by atoms with E-state index in [-0.39, 0.29) is 30.8 Å². The maximum atomic E-state index is 13.3. The molecule has 1 N–H and O–H groups in total. The Kier molecular flexibility index (Phi) is 9.30. The zero-order valence-corrected chi connectivity index (χ0v) is 20.0. The molecule has 0 bridgehead atoms. The molecular formula is C22H24Cl4N2O2. The van der Waals surface area contributed by atoms with E-state index in [0.29, 0.717) is 32.1 Å². The number of carbonyl (C=O) groups excluding carboxylic acids is 2. The number of hydrogen-bond donors (Lipinski definition) is 1. The molecule has 162 valence electrons. The molecule has 0 spiro atoms. The van der Waals surface area contributed by atoms with Gasteiger partial charge in [-0.1, -0.05) is 65.5 Å². The van der Waals surface area contributed by atoms with Gasteiger partial charge in [-0.3, -0.25) is 9.59 Å². The number of hydrogen-bond acceptors (Lipinski definition) is 2. The molecule has 2 aromatic carbocycles. The summed E-state index contributed by atoms with van der Waals surface area (Å²) in [4.78, 5) is 27.7. The Morgan fingerprint density at radius 3 is 2.13 bits per heavy atom. The fraction of sp³-hybridized carbons (Fsp3) is 0.364. The van der Waals surface area contributed by atoms with Crippen LogP contribution in [0.25, 0.3) is 0 Å². The molecule has 8 heteroatoms. The van der Waals surface area contributed by atoms with Crippen LogP contribution in [0.15, 0.2) is 36.4 Å². The van der Waals surface area contributed by atoms with Gasteiger partial charge in [0.15, 0.2) is 0 Å². The van der Waals surface area contributed by atoms with Gasteiger partial charge in [-0.05, 0) is 55.7 Å². The number of benzene rings is 2. The second kappa shape index (κ2) is 11.2. The van der Waals surface area contributed by atoms with Crippen LogP contribution in [0.2, 0.25) is 20.1 Å². The summed E-state index contributed by atoms with van der Waals surface area (Å²) >= 11 is 24.7. The molecule has 0 saturated carbocycles. The van der Waals surface area contributed by atoms with Crippen LogP contribution in [0.3, 0.4) is 0 Å². The van der Waals surface area contributed by atoms with Crippen LogP contribution in [-0.2, 0) is 22.6 Å². The van der Waals surface area contributed by atoms with Gasteiger partial charge in [0.25, 0.3) is 0 Å². The van der Waals surface area contributed by atoms with Crippen molar-refractivity contribution >= 4 is 58.2 Å². The lowest BCUT2D eigenvalue weighted by molar-refractivity contribution is -0.141. The van der Waals surface area contributed by atoms with E-state index < -0.39 is 6.04 Å². The highest BCUT2D eigenvalue weighted by molar-refractivity contribution is 6.42. The van der Waals surface area contributed by atoms with Crippen molar-refractivity contribution in [2.24, 2.45) is 0 Å². The monoisotopic (exact) mass is 488 g/mol. The van der Waals surface area contributed by atoms with Crippen molar-refractivity contribution < 1.29 is 9.59 Å². The number of amides is 2. The Morgan fingerprint density at radius 1 is 0.967 bits per heavy atom. The van der Waals surface area contributed by atoms with Crippen molar-refractivity contribution in [1.29, 1.82) is 0 Å². The Morgan fingerprint density at radius 2 is 1.60 bits per heavy atom. The first-order valence-electron chi connectivity index (χ1n) is 9.60. The molecule has 0 radical (unpaired) electrons. The number of rotatable bonds is 8. The highest BCUT2D eigenvalue weighted by Gasteiger charge is 2.29. The van der Waals surface area contributed by atoms with Crippen LogP contribution in [0.5, 0.6) is 0 Å². The van der Waals surface area contributed by atoms with E-state index in [2.05, 4.69) is 5.32 Å². The molecule has 4 nitrogen and oxygen atoms in total. The van der Waals surface area contributed by atoms with Gasteiger partial charge in [-0.25, -0.2) is 0 Å². The van der Waals surface area contributed by atoms with Gasteiger partial charge in [0.05, 0.1) is 16.5 Å². The summed E-state index contributed by atoms with van der Waals surface area (Å²) < 4.78 is 0. The van der Waals surface area contributed by atoms with Gasteiger partial charge in [0.2, 0.25) is 11.8 Å². The Labute approximate surface area is 197 Å². The standard InChI is InChI=1S/C22H24Cl4N2O2/c1-4-20(22(30)27-13(2)3)28(12-14-8-9-18(25)19(26)10-14)21(29)11-15-16(23)6-5-7-17(15)24/h5-10,13,20H,4,11-12H2,1-3H3,(H,27,30)/t20-/m0/s1. The van der Waals surface area contributed by atoms with Crippen LogP contribution < -0.4 is 5.32 Å². The third kappa shape index (κ3) is 6.52. The summed E-state index contributed by atoms with van der Waals surface area (Å²) in [7, 11) is 0. The van der Waals surface area contributed by atoms with Crippen LogP contribution in [0.1, 0.15) is 38.3 Å². The van der Waals surface area contributed by atoms with Crippen LogP contribution >= 0.6 is 46.4 Å². The first-order valence-corrected chi connectivity index (χ1v) is 11.1. The number of carbonyl (C=O) groups is 2. The summed E-state index contributed by atoms with van der Waals surface area (Å²) in [6.07, 6.45) is 0.424. The van der Waals surface area contributed by atoms with Crippen molar-refractivity contribution in [3.8, 4) is 0 Å². The Balaban J connectivity index is 2.38. The topological polar surface area (TPSA) is 49.4 Å². The van der Waals surface area contributed by atoms with Crippen LogP contribution in [0.4, 0.5) is 0 Å². The molecule has 0 aliphatic rings. The Hall–Kier alpha value is -1.46. The van der Waals surface area contributed by atoms with Gasteiger partial charge in [0, 0.05) is 22.6 Å². The van der Waals surface area contributed by atoms with E-state index in [1.807, 2.05) is 20.8 Å². The normalized spacial score (nSPS) is 12.0. The summed E-state index contributed by atoms with van der Waals surface area (Å²) in [6, 6.07) is 9.52. The minimum Gasteiger partial charge on any atom is -0.352 e. The van der Waals surface area contributed by atoms with Crippen molar-refractivity contribution in [3.63, 3.8) is 0 Å². The van der Waals surface area contributed by atoms with Gasteiger partial charge in [-0.15, -0.1) is 0 Å². The maximum absolute atomic E-state index is 13.3. The third-order valence-corrected chi connectivity index (χ3v) is 5.99. The largest absolute Gasteiger partial charge is 0.352 e. The SMILES string of the molecule is CC[C@@H](C(=O)NC(C)C)N(Cc1ccc(Cl)c(Cl)c1)C(=O)Cc1c(Cl)cccc1Cl. The second-order valence-corrected chi connectivity index (χ2v) is 8.86. The molecular weight excluding hydrogens is 466 g/mol. The lowest BCUT2D eigenvalue weighted by Gasteiger charge is -2.31. The second-order valence-electron chi connectivity index (χ2n) is 7.23. The quantitative estimate of drug-likeness (QED) is 0.481. The lowest BCUT2D eigenvalue weighted by Crippen LogP contribution is -2.50. The van der Waals surface area contributed by atoms with Gasteiger partial charge in [0.1, 0.15) is 6.04 Å². The van der Waals surface area contributed by atoms with Crippen molar-refractivity contribution in [1.82, 2.24) is 10.2 Å². The fourth-order valence-electron chi connectivity index (χ4n) is 3.09. The molecule has 0 aromatic heterocycles. The highest BCUT2D eigenvalue weighted by atomic mass is 35.5. The van der Waals surface area contributed by atoms with E-state index in [1.165, 1.54) is 4.90 Å².